The van der Waals surface area contributed by atoms with Crippen LogP contribution in [0.2, 0.25) is 0 Å². The quantitative estimate of drug-likeness (QED) is 0.846. The van der Waals surface area contributed by atoms with Crippen molar-refractivity contribution in [2.75, 3.05) is 31.1 Å². The fraction of sp³-hybridized carbons (Fsp3) is 0.348. The van der Waals surface area contributed by atoms with Crippen LogP contribution in [0, 0.1) is 5.41 Å². The molecule has 2 aliphatic rings. The average molecular weight is 391 g/mol. The maximum absolute atomic E-state index is 12.6. The van der Waals surface area contributed by atoms with Crippen LogP contribution in [0.4, 0.5) is 5.82 Å². The summed E-state index contributed by atoms with van der Waals surface area (Å²) < 4.78 is 0. The van der Waals surface area contributed by atoms with E-state index in [1.807, 2.05) is 41.3 Å². The summed E-state index contributed by atoms with van der Waals surface area (Å²) >= 11 is 0. The molecule has 29 heavy (non-hydrogen) atoms. The fourth-order valence-electron chi connectivity index (χ4n) is 4.29. The number of hydrogen-bond acceptors (Lipinski definition) is 4. The third kappa shape index (κ3) is 4.31. The normalized spacial score (nSPS) is 18.7. The molecule has 1 aromatic heterocycles. The van der Waals surface area contributed by atoms with E-state index >= 15 is 0 Å². The van der Waals surface area contributed by atoms with E-state index in [-0.39, 0.29) is 17.0 Å². The Kier molecular flexibility index (Phi) is 5.34. The number of aromatic carboxylic acids is 1. The number of rotatable bonds is 5. The number of carbonyl (C=O) groups excluding carboxylic acids is 1. The molecule has 1 spiro atoms. The van der Waals surface area contributed by atoms with Crippen LogP contribution in [0.5, 0.6) is 0 Å². The Labute approximate surface area is 170 Å². The van der Waals surface area contributed by atoms with Crippen LogP contribution >= 0.6 is 0 Å². The van der Waals surface area contributed by atoms with Crippen LogP contribution in [0.15, 0.2) is 54.6 Å². The van der Waals surface area contributed by atoms with Crippen molar-refractivity contribution in [3.05, 3.63) is 65.9 Å². The summed E-state index contributed by atoms with van der Waals surface area (Å²) in [5, 5.41) is 9.15. The fourth-order valence-corrected chi connectivity index (χ4v) is 4.29. The number of pyridine rings is 1. The van der Waals surface area contributed by atoms with Gasteiger partial charge in [-0.25, -0.2) is 9.78 Å². The number of carboxylic acid groups (broad SMARTS) is 1. The molecule has 3 heterocycles. The number of carbonyl (C=O) groups is 2. The largest absolute Gasteiger partial charge is 0.477 e. The molecule has 1 aromatic carbocycles. The average Bonchev–Trinajstić information content (AvgIpc) is 3.04. The zero-order valence-electron chi connectivity index (χ0n) is 16.3. The Hall–Kier alpha value is -3.15. The number of nitrogens with zero attached hydrogens (tertiary/aromatic N) is 3. The number of likely N-dealkylation sites (tertiary alicyclic amines) is 1. The number of carboxylic acids is 1. The highest BCUT2D eigenvalue weighted by molar-refractivity contribution is 5.85. The van der Waals surface area contributed by atoms with Gasteiger partial charge in [-0.05, 0) is 30.5 Å². The molecular weight excluding hydrogens is 366 g/mol. The van der Waals surface area contributed by atoms with Crippen LogP contribution in [0.1, 0.15) is 35.3 Å². The molecule has 150 valence electrons. The predicted octanol–water partition coefficient (Wildman–Crippen LogP) is 3.31. The first-order valence-corrected chi connectivity index (χ1v) is 9.99. The third-order valence-electron chi connectivity index (χ3n) is 5.94. The second-order valence-corrected chi connectivity index (χ2v) is 7.94. The van der Waals surface area contributed by atoms with E-state index in [1.165, 1.54) is 6.07 Å². The predicted molar refractivity (Wildman–Crippen MR) is 112 cm³/mol. The zero-order valence-corrected chi connectivity index (χ0v) is 16.3. The van der Waals surface area contributed by atoms with Crippen molar-refractivity contribution in [3.8, 4) is 0 Å². The van der Waals surface area contributed by atoms with E-state index in [4.69, 9.17) is 5.11 Å². The molecule has 2 aromatic rings. The highest BCUT2D eigenvalue weighted by Crippen LogP contribution is 2.41. The van der Waals surface area contributed by atoms with Gasteiger partial charge in [-0.2, -0.15) is 0 Å². The zero-order chi connectivity index (χ0) is 20.3. The first-order valence-electron chi connectivity index (χ1n) is 9.99. The highest BCUT2D eigenvalue weighted by atomic mass is 16.4. The minimum Gasteiger partial charge on any atom is -0.477 e. The van der Waals surface area contributed by atoms with E-state index in [0.717, 1.165) is 38.0 Å². The van der Waals surface area contributed by atoms with Crippen molar-refractivity contribution in [2.45, 2.75) is 19.3 Å². The second kappa shape index (κ2) is 8.07. The summed E-state index contributed by atoms with van der Waals surface area (Å²) in [6, 6.07) is 15.2. The summed E-state index contributed by atoms with van der Waals surface area (Å²) in [5.41, 5.74) is 1.23. The molecule has 0 aliphatic carbocycles. The highest BCUT2D eigenvalue weighted by Gasteiger charge is 2.44. The topological polar surface area (TPSA) is 73.7 Å². The lowest BCUT2D eigenvalue weighted by Crippen LogP contribution is -2.42. The van der Waals surface area contributed by atoms with Gasteiger partial charge in [0.15, 0.2) is 5.69 Å². The summed E-state index contributed by atoms with van der Waals surface area (Å²) in [4.78, 5) is 32.1. The van der Waals surface area contributed by atoms with Gasteiger partial charge in [0.05, 0.1) is 0 Å². The molecule has 2 aliphatic heterocycles. The maximum atomic E-state index is 12.6. The molecule has 2 fully saturated rings. The number of amides is 1. The minimum absolute atomic E-state index is 0.0264. The van der Waals surface area contributed by atoms with Crippen molar-refractivity contribution < 1.29 is 14.7 Å². The molecule has 6 nitrogen and oxygen atoms in total. The van der Waals surface area contributed by atoms with E-state index in [2.05, 4.69) is 22.0 Å². The van der Waals surface area contributed by atoms with Gasteiger partial charge in [-0.3, -0.25) is 4.79 Å². The summed E-state index contributed by atoms with van der Waals surface area (Å²) in [6.07, 6.45) is 6.54. The summed E-state index contributed by atoms with van der Waals surface area (Å²) in [6.45, 7) is 3.01. The molecule has 0 atom stereocenters. The van der Waals surface area contributed by atoms with E-state index in [1.54, 1.807) is 6.07 Å². The standard InChI is InChI=1S/C23H25N3O3/c27-21-16-23(17-26(21)13-5-8-18-6-2-1-3-7-18)11-14-25(15-12-23)20-10-4-9-19(24-20)22(28)29/h1-10H,11-17H2,(H,28,29). The van der Waals surface area contributed by atoms with Crippen molar-refractivity contribution >= 4 is 23.8 Å². The van der Waals surface area contributed by atoms with Gasteiger partial charge in [0.1, 0.15) is 5.82 Å². The third-order valence-corrected chi connectivity index (χ3v) is 5.94. The Morgan fingerprint density at radius 2 is 1.86 bits per heavy atom. The molecular formula is C23H25N3O3. The van der Waals surface area contributed by atoms with Crippen LogP contribution in [-0.4, -0.2) is 53.0 Å². The first-order chi connectivity index (χ1) is 14.0. The van der Waals surface area contributed by atoms with Crippen molar-refractivity contribution in [2.24, 2.45) is 5.41 Å². The Morgan fingerprint density at radius 1 is 1.10 bits per heavy atom. The Morgan fingerprint density at radius 3 is 2.59 bits per heavy atom. The van der Waals surface area contributed by atoms with Crippen molar-refractivity contribution in [3.63, 3.8) is 0 Å². The molecule has 0 saturated carbocycles. The van der Waals surface area contributed by atoms with Crippen LogP contribution in [0.3, 0.4) is 0 Å². The van der Waals surface area contributed by atoms with E-state index in [9.17, 15) is 9.59 Å². The second-order valence-electron chi connectivity index (χ2n) is 7.94. The molecule has 2 saturated heterocycles. The number of aromatic nitrogens is 1. The van der Waals surface area contributed by atoms with Gasteiger partial charge in [-0.15, -0.1) is 0 Å². The summed E-state index contributed by atoms with van der Waals surface area (Å²) in [7, 11) is 0. The summed E-state index contributed by atoms with van der Waals surface area (Å²) in [5.74, 6) is -0.0881. The lowest BCUT2D eigenvalue weighted by molar-refractivity contribution is -0.127. The SMILES string of the molecule is O=C(O)c1cccc(N2CCC3(CC2)CC(=O)N(CC=Cc2ccccc2)C3)n1. The number of hydrogen-bond donors (Lipinski definition) is 1. The number of piperidine rings is 1. The smallest absolute Gasteiger partial charge is 0.354 e. The Balaban J connectivity index is 1.35. The molecule has 0 radical (unpaired) electrons. The molecule has 6 heteroatoms. The van der Waals surface area contributed by atoms with Crippen LogP contribution in [0.25, 0.3) is 6.08 Å². The molecule has 4 rings (SSSR count). The van der Waals surface area contributed by atoms with Gasteiger partial charge >= 0.3 is 5.97 Å². The van der Waals surface area contributed by atoms with Crippen LogP contribution in [-0.2, 0) is 4.79 Å². The Bertz CT molecular complexity index is 918. The van der Waals surface area contributed by atoms with Gasteiger partial charge in [-0.1, -0.05) is 48.6 Å². The van der Waals surface area contributed by atoms with E-state index in [0.29, 0.717) is 18.8 Å². The van der Waals surface area contributed by atoms with Crippen molar-refractivity contribution in [1.82, 2.24) is 9.88 Å². The lowest BCUT2D eigenvalue weighted by Gasteiger charge is -2.39. The monoisotopic (exact) mass is 391 g/mol. The molecule has 0 unspecified atom stereocenters. The molecule has 1 N–H and O–H groups in total. The van der Waals surface area contributed by atoms with Gasteiger partial charge < -0.3 is 14.9 Å². The van der Waals surface area contributed by atoms with Crippen molar-refractivity contribution in [1.29, 1.82) is 0 Å². The van der Waals surface area contributed by atoms with E-state index < -0.39 is 5.97 Å². The van der Waals surface area contributed by atoms with Gasteiger partial charge in [0.25, 0.3) is 0 Å². The number of anilines is 1. The van der Waals surface area contributed by atoms with Gasteiger partial charge in [0, 0.05) is 38.0 Å². The molecule has 1 amide bonds. The minimum atomic E-state index is -1.01. The van der Waals surface area contributed by atoms with Crippen LogP contribution < -0.4 is 4.90 Å². The first kappa shape index (κ1) is 19.2. The lowest BCUT2D eigenvalue weighted by atomic mass is 9.77. The number of benzene rings is 1. The van der Waals surface area contributed by atoms with Gasteiger partial charge in [0.2, 0.25) is 5.91 Å². The molecule has 0 bridgehead atoms. The maximum Gasteiger partial charge on any atom is 0.354 e.